The molecule has 0 fully saturated rings. The van der Waals surface area contributed by atoms with Crippen molar-refractivity contribution in [2.45, 2.75) is 26.8 Å². The Labute approximate surface area is 256 Å². The summed E-state index contributed by atoms with van der Waals surface area (Å²) in [5.74, 6) is 7.32. The first-order valence-corrected chi connectivity index (χ1v) is 14.4. The van der Waals surface area contributed by atoms with Gasteiger partial charge in [0.25, 0.3) is 0 Å². The number of anilines is 1. The zero-order chi connectivity index (χ0) is 30.8. The maximum absolute atomic E-state index is 12.7. The second-order valence-corrected chi connectivity index (χ2v) is 10.7. The molecule has 1 atom stereocenters. The van der Waals surface area contributed by atoms with Crippen LogP contribution in [0.15, 0.2) is 85.2 Å². The number of nitrogens with one attached hydrogen (secondary N) is 2. The summed E-state index contributed by atoms with van der Waals surface area (Å²) in [6.45, 7) is 5.93. The van der Waals surface area contributed by atoms with E-state index in [2.05, 4.69) is 58.6 Å². The van der Waals surface area contributed by atoms with E-state index in [1.807, 2.05) is 60.0 Å². The fourth-order valence-corrected chi connectivity index (χ4v) is 5.16. The lowest BCUT2D eigenvalue weighted by Gasteiger charge is -2.13. The summed E-state index contributed by atoms with van der Waals surface area (Å²) in [5, 5.41) is 8.18. The molecule has 0 saturated carbocycles. The van der Waals surface area contributed by atoms with Crippen molar-refractivity contribution < 1.29 is 9.53 Å². The van der Waals surface area contributed by atoms with Gasteiger partial charge in [-0.1, -0.05) is 30.2 Å². The van der Waals surface area contributed by atoms with Crippen molar-refractivity contribution in [3.63, 3.8) is 0 Å². The van der Waals surface area contributed by atoms with Gasteiger partial charge in [0.05, 0.1) is 24.4 Å². The van der Waals surface area contributed by atoms with Gasteiger partial charge in [0, 0.05) is 23.5 Å². The average molecular weight is 581 g/mol. The van der Waals surface area contributed by atoms with Gasteiger partial charge in [0.1, 0.15) is 22.9 Å². The van der Waals surface area contributed by atoms with Crippen molar-refractivity contribution >= 4 is 28.1 Å². The number of aryl methyl sites for hydroxylation is 2. The molecule has 4 aromatic heterocycles. The van der Waals surface area contributed by atoms with Crippen LogP contribution in [-0.4, -0.2) is 45.5 Å². The highest BCUT2D eigenvalue weighted by Gasteiger charge is 2.22. The standard InChI is InChI=1S/C36H32N6O2/c1-22-17-19-42-32(20-22)41-33(29-10-7-18-38-36(29)44-5)34(42)28-14-16-31(40-35(43)24(3)37-4)39-30(28)15-12-25-11-13-27-23(2)8-6-9-26(27)21-25/h6-11,13-14,16-21,24,37H,1-5H3,(H,39,40,43)/t24-/m0/s1. The Bertz CT molecular complexity index is 2100. The first-order valence-electron chi connectivity index (χ1n) is 14.4. The molecule has 0 unspecified atom stereocenters. The van der Waals surface area contributed by atoms with E-state index in [1.54, 1.807) is 33.3 Å². The summed E-state index contributed by atoms with van der Waals surface area (Å²) in [5.41, 5.74) is 7.40. The predicted octanol–water partition coefficient (Wildman–Crippen LogP) is 6.18. The lowest BCUT2D eigenvalue weighted by atomic mass is 10.0. The van der Waals surface area contributed by atoms with Crippen LogP contribution >= 0.6 is 0 Å². The van der Waals surface area contributed by atoms with Gasteiger partial charge in [0.2, 0.25) is 11.8 Å². The normalized spacial score (nSPS) is 11.7. The lowest BCUT2D eigenvalue weighted by molar-refractivity contribution is -0.117. The van der Waals surface area contributed by atoms with Crippen molar-refractivity contribution in [2.24, 2.45) is 0 Å². The van der Waals surface area contributed by atoms with Crippen LogP contribution in [0.4, 0.5) is 5.82 Å². The first kappa shape index (κ1) is 28.6. The molecular weight excluding hydrogens is 548 g/mol. The molecule has 0 aliphatic rings. The van der Waals surface area contributed by atoms with Gasteiger partial charge in [-0.15, -0.1) is 0 Å². The minimum atomic E-state index is -0.390. The third kappa shape index (κ3) is 5.49. The van der Waals surface area contributed by atoms with Gasteiger partial charge < -0.3 is 15.4 Å². The number of likely N-dealkylation sites (N-methyl/N-ethyl adjacent to an activating group) is 1. The number of imidazole rings is 1. The molecule has 0 aliphatic carbocycles. The molecule has 44 heavy (non-hydrogen) atoms. The summed E-state index contributed by atoms with van der Waals surface area (Å²) in [6, 6.07) is 23.6. The molecule has 0 radical (unpaired) electrons. The zero-order valence-corrected chi connectivity index (χ0v) is 25.3. The van der Waals surface area contributed by atoms with E-state index in [0.29, 0.717) is 23.1 Å². The van der Waals surface area contributed by atoms with E-state index in [1.165, 1.54) is 10.9 Å². The molecule has 6 aromatic rings. The highest BCUT2D eigenvalue weighted by Crippen LogP contribution is 2.38. The summed E-state index contributed by atoms with van der Waals surface area (Å²) in [7, 11) is 3.34. The number of benzene rings is 2. The predicted molar refractivity (Wildman–Crippen MR) is 175 cm³/mol. The number of carbonyl (C=O) groups excluding carboxylic acids is 1. The molecule has 1 amide bonds. The molecule has 2 aromatic carbocycles. The molecule has 4 heterocycles. The van der Waals surface area contributed by atoms with Gasteiger partial charge in [-0.3, -0.25) is 9.20 Å². The molecule has 6 rings (SSSR count). The number of ether oxygens (including phenoxy) is 1. The molecule has 0 saturated heterocycles. The van der Waals surface area contributed by atoms with E-state index < -0.39 is 6.04 Å². The summed E-state index contributed by atoms with van der Waals surface area (Å²) in [4.78, 5) is 27.0. The highest BCUT2D eigenvalue weighted by molar-refractivity contribution is 5.94. The number of nitrogens with zero attached hydrogens (tertiary/aromatic N) is 4. The largest absolute Gasteiger partial charge is 0.481 e. The molecule has 218 valence electrons. The zero-order valence-electron chi connectivity index (χ0n) is 25.3. The Balaban J connectivity index is 1.57. The number of amides is 1. The van der Waals surface area contributed by atoms with Gasteiger partial charge in [-0.25, -0.2) is 15.0 Å². The highest BCUT2D eigenvalue weighted by atomic mass is 16.5. The van der Waals surface area contributed by atoms with E-state index in [-0.39, 0.29) is 5.91 Å². The molecule has 8 nitrogen and oxygen atoms in total. The van der Waals surface area contributed by atoms with E-state index >= 15 is 0 Å². The number of pyridine rings is 3. The quantitative estimate of drug-likeness (QED) is 0.229. The van der Waals surface area contributed by atoms with E-state index in [0.717, 1.165) is 39.0 Å². The average Bonchev–Trinajstić information content (AvgIpc) is 3.41. The third-order valence-corrected chi connectivity index (χ3v) is 7.65. The van der Waals surface area contributed by atoms with Crippen LogP contribution in [0.2, 0.25) is 0 Å². The SMILES string of the molecule is CN[C@@H](C)C(=O)Nc1ccc(-c2c(-c3cccnc3OC)nc3cc(C)ccn23)c(C#Cc2ccc3c(C)cccc3c2)n1. The van der Waals surface area contributed by atoms with E-state index in [9.17, 15) is 4.79 Å². The smallest absolute Gasteiger partial charge is 0.242 e. The number of hydrogen-bond acceptors (Lipinski definition) is 6. The number of aromatic nitrogens is 4. The van der Waals surface area contributed by atoms with Crippen molar-refractivity contribution in [3.05, 3.63) is 108 Å². The number of methoxy groups -OCH3 is 1. The lowest BCUT2D eigenvalue weighted by Crippen LogP contribution is -2.35. The Hall–Kier alpha value is -5.52. The number of rotatable bonds is 6. The van der Waals surface area contributed by atoms with Crippen molar-refractivity contribution in [1.82, 2.24) is 24.7 Å². The molecule has 2 N–H and O–H groups in total. The summed E-state index contributed by atoms with van der Waals surface area (Å²) < 4.78 is 7.65. The maximum atomic E-state index is 12.7. The van der Waals surface area contributed by atoms with Crippen molar-refractivity contribution in [2.75, 3.05) is 19.5 Å². The minimum Gasteiger partial charge on any atom is -0.481 e. The third-order valence-electron chi connectivity index (χ3n) is 7.65. The van der Waals surface area contributed by atoms with Crippen molar-refractivity contribution in [3.8, 4) is 40.2 Å². The van der Waals surface area contributed by atoms with Crippen LogP contribution in [0.3, 0.4) is 0 Å². The number of hydrogen-bond donors (Lipinski definition) is 2. The molecule has 0 aliphatic heterocycles. The summed E-state index contributed by atoms with van der Waals surface area (Å²) >= 11 is 0. The van der Waals surface area contributed by atoms with Crippen LogP contribution < -0.4 is 15.4 Å². The van der Waals surface area contributed by atoms with Gasteiger partial charge in [-0.2, -0.15) is 0 Å². The Morgan fingerprint density at radius 3 is 2.64 bits per heavy atom. The fourth-order valence-electron chi connectivity index (χ4n) is 5.16. The van der Waals surface area contributed by atoms with Gasteiger partial charge in [-0.05, 0) is 104 Å². The number of fused-ring (bicyclic) bond motifs is 2. The minimum absolute atomic E-state index is 0.192. The Kier molecular flexibility index (Phi) is 7.80. The van der Waals surface area contributed by atoms with Gasteiger partial charge in [0.15, 0.2) is 0 Å². The first-order chi connectivity index (χ1) is 21.4. The second kappa shape index (κ2) is 12.0. The molecule has 0 bridgehead atoms. The summed E-state index contributed by atoms with van der Waals surface area (Å²) in [6.07, 6.45) is 3.68. The molecule has 8 heteroatoms. The molecule has 0 spiro atoms. The van der Waals surface area contributed by atoms with Crippen LogP contribution in [0, 0.1) is 25.7 Å². The number of carbonyl (C=O) groups is 1. The topological polar surface area (TPSA) is 93.4 Å². The maximum Gasteiger partial charge on any atom is 0.242 e. The van der Waals surface area contributed by atoms with Crippen molar-refractivity contribution in [1.29, 1.82) is 0 Å². The van der Waals surface area contributed by atoms with Crippen LogP contribution in [0.5, 0.6) is 5.88 Å². The van der Waals surface area contributed by atoms with Crippen LogP contribution in [0.1, 0.15) is 29.3 Å². The van der Waals surface area contributed by atoms with E-state index in [4.69, 9.17) is 14.7 Å². The second-order valence-electron chi connectivity index (χ2n) is 10.7. The fraction of sp³-hybridized carbons (Fsp3) is 0.167. The Morgan fingerprint density at radius 1 is 0.955 bits per heavy atom. The van der Waals surface area contributed by atoms with Crippen LogP contribution in [0.25, 0.3) is 38.9 Å². The monoisotopic (exact) mass is 580 g/mol. The van der Waals surface area contributed by atoms with Gasteiger partial charge >= 0.3 is 0 Å². The molecular formula is C36H32N6O2. The Morgan fingerprint density at radius 2 is 1.82 bits per heavy atom. The van der Waals surface area contributed by atoms with Crippen LogP contribution in [-0.2, 0) is 4.79 Å².